The van der Waals surface area contributed by atoms with Gasteiger partial charge in [-0.25, -0.2) is 5.84 Å². The molecule has 17 heavy (non-hydrogen) atoms. The van der Waals surface area contributed by atoms with Crippen LogP contribution in [0.2, 0.25) is 0 Å². The zero-order chi connectivity index (χ0) is 12.9. The quantitative estimate of drug-likeness (QED) is 0.190. The zero-order valence-corrected chi connectivity index (χ0v) is 12.0. The average molecular weight is 262 g/mol. The molecule has 0 fully saturated rings. The summed E-state index contributed by atoms with van der Waals surface area (Å²) in [6, 6.07) is 0. The van der Waals surface area contributed by atoms with Crippen molar-refractivity contribution >= 4 is 17.7 Å². The number of hydrogen-bond donors (Lipinski definition) is 3. The summed E-state index contributed by atoms with van der Waals surface area (Å²) >= 11 is 1.86. The van der Waals surface area contributed by atoms with Crippen LogP contribution in [0.5, 0.6) is 0 Å². The Labute approximate surface area is 109 Å². The Morgan fingerprint density at radius 2 is 2.29 bits per heavy atom. The fourth-order valence-corrected chi connectivity index (χ4v) is 1.52. The lowest BCUT2D eigenvalue weighted by Crippen LogP contribution is -2.42. The van der Waals surface area contributed by atoms with E-state index in [0.717, 1.165) is 39.1 Å². The number of hydrogen-bond acceptors (Lipinski definition) is 4. The lowest BCUT2D eigenvalue weighted by molar-refractivity contribution is 0.146. The van der Waals surface area contributed by atoms with Gasteiger partial charge in [0.05, 0.1) is 0 Å². The Morgan fingerprint density at radius 3 is 2.88 bits per heavy atom. The van der Waals surface area contributed by atoms with Crippen molar-refractivity contribution in [2.24, 2.45) is 10.8 Å². The normalized spacial score (nSPS) is 13.5. The number of hydrazine groups is 1. The van der Waals surface area contributed by atoms with Crippen LogP contribution >= 0.6 is 11.8 Å². The third-order valence-corrected chi connectivity index (χ3v) is 3.34. The van der Waals surface area contributed by atoms with Crippen LogP contribution in [0.4, 0.5) is 0 Å². The van der Waals surface area contributed by atoms with Gasteiger partial charge in [-0.1, -0.05) is 6.92 Å². The molecule has 0 radical (unpaired) electrons. The monoisotopic (exact) mass is 262 g/mol. The van der Waals surface area contributed by atoms with Gasteiger partial charge in [-0.05, 0) is 26.0 Å². The van der Waals surface area contributed by atoms with Crippen molar-refractivity contribution in [3.63, 3.8) is 0 Å². The average Bonchev–Trinajstić information content (AvgIpc) is 2.36. The first-order valence-corrected chi connectivity index (χ1v) is 7.38. The molecule has 1 atom stereocenters. The fourth-order valence-electron chi connectivity index (χ4n) is 1.17. The van der Waals surface area contributed by atoms with Gasteiger partial charge >= 0.3 is 0 Å². The van der Waals surface area contributed by atoms with Gasteiger partial charge in [0.1, 0.15) is 0 Å². The van der Waals surface area contributed by atoms with Crippen LogP contribution < -0.4 is 16.6 Å². The smallest absolute Gasteiger partial charge is 0.205 e. The van der Waals surface area contributed by atoms with E-state index < -0.39 is 0 Å². The van der Waals surface area contributed by atoms with Gasteiger partial charge in [-0.15, -0.1) is 0 Å². The molecule has 0 aromatic rings. The summed E-state index contributed by atoms with van der Waals surface area (Å²) in [5.41, 5.74) is 2.58. The molecule has 102 valence electrons. The van der Waals surface area contributed by atoms with Gasteiger partial charge in [0.25, 0.3) is 0 Å². The summed E-state index contributed by atoms with van der Waals surface area (Å²) in [6.45, 7) is 7.32. The van der Waals surface area contributed by atoms with E-state index in [4.69, 9.17) is 10.6 Å². The molecule has 0 aromatic carbocycles. The Kier molecular flexibility index (Phi) is 11.7. The minimum Gasteiger partial charge on any atom is -0.382 e. The van der Waals surface area contributed by atoms with E-state index in [1.807, 2.05) is 18.7 Å². The van der Waals surface area contributed by atoms with Crippen LogP contribution in [-0.2, 0) is 4.74 Å². The van der Waals surface area contributed by atoms with Gasteiger partial charge in [-0.2, -0.15) is 11.8 Å². The van der Waals surface area contributed by atoms with Crippen molar-refractivity contribution in [2.75, 3.05) is 32.6 Å². The molecule has 0 aliphatic rings. The maximum absolute atomic E-state index is 5.38. The second-order valence-electron chi connectivity index (χ2n) is 3.69. The van der Waals surface area contributed by atoms with E-state index >= 15 is 0 Å². The number of rotatable bonds is 9. The fraction of sp³-hybridized carbons (Fsp3) is 0.909. The van der Waals surface area contributed by atoms with Crippen LogP contribution in [0.25, 0.3) is 0 Å². The Balaban J connectivity index is 3.63. The molecule has 0 spiro atoms. The van der Waals surface area contributed by atoms with Crippen LogP contribution in [0.15, 0.2) is 4.99 Å². The lowest BCUT2D eigenvalue weighted by atomic mass is 10.3. The molecule has 0 aromatic heterocycles. The Hall–Kier alpha value is -0.460. The Bertz CT molecular complexity index is 202. The standard InChI is InChI=1S/C11H26N4OS/c1-4-16-9-5-7-13-11(15-12)14-8-6-10(2)17-3/h10H,4-9,12H2,1-3H3,(H2,13,14,15). The molecule has 0 rings (SSSR count). The molecule has 4 N–H and O–H groups in total. The highest BCUT2D eigenvalue weighted by molar-refractivity contribution is 7.99. The first-order valence-electron chi connectivity index (χ1n) is 6.10. The highest BCUT2D eigenvalue weighted by Crippen LogP contribution is 2.07. The molecular weight excluding hydrogens is 236 g/mol. The number of nitrogens with two attached hydrogens (primary N) is 1. The number of thioether (sulfide) groups is 1. The minimum absolute atomic E-state index is 0.652. The van der Waals surface area contributed by atoms with Crippen LogP contribution in [0.1, 0.15) is 26.7 Å². The minimum atomic E-state index is 0.652. The van der Waals surface area contributed by atoms with Gasteiger partial charge < -0.3 is 10.1 Å². The van der Waals surface area contributed by atoms with Crippen molar-refractivity contribution < 1.29 is 4.74 Å². The van der Waals surface area contributed by atoms with Gasteiger partial charge in [0.15, 0.2) is 0 Å². The van der Waals surface area contributed by atoms with E-state index in [9.17, 15) is 0 Å². The molecule has 0 saturated carbocycles. The second-order valence-corrected chi connectivity index (χ2v) is 4.96. The van der Waals surface area contributed by atoms with Gasteiger partial charge in [0, 0.05) is 31.6 Å². The summed E-state index contributed by atoms with van der Waals surface area (Å²) in [5, 5.41) is 3.84. The van der Waals surface area contributed by atoms with Crippen molar-refractivity contribution in [3.8, 4) is 0 Å². The first kappa shape index (κ1) is 16.5. The number of ether oxygens (including phenoxy) is 1. The third kappa shape index (κ3) is 10.4. The maximum atomic E-state index is 5.38. The summed E-state index contributed by atoms with van der Waals surface area (Å²) < 4.78 is 5.23. The molecule has 0 heterocycles. The van der Waals surface area contributed by atoms with E-state index in [2.05, 4.69) is 28.9 Å². The summed E-state index contributed by atoms with van der Waals surface area (Å²) in [4.78, 5) is 4.32. The van der Waals surface area contributed by atoms with Crippen molar-refractivity contribution in [1.82, 2.24) is 10.7 Å². The SMILES string of the molecule is CCOCCCN=C(NN)NCCC(C)SC. The molecule has 0 bridgehead atoms. The van der Waals surface area contributed by atoms with E-state index in [1.165, 1.54) is 0 Å². The van der Waals surface area contributed by atoms with Gasteiger partial charge in [-0.3, -0.25) is 10.4 Å². The lowest BCUT2D eigenvalue weighted by Gasteiger charge is -2.11. The van der Waals surface area contributed by atoms with Crippen molar-refractivity contribution in [1.29, 1.82) is 0 Å². The second kappa shape index (κ2) is 12.0. The molecule has 0 saturated heterocycles. The van der Waals surface area contributed by atoms with Crippen LogP contribution in [-0.4, -0.2) is 43.8 Å². The Morgan fingerprint density at radius 1 is 1.53 bits per heavy atom. The topological polar surface area (TPSA) is 71.7 Å². The van der Waals surface area contributed by atoms with Crippen LogP contribution in [0, 0.1) is 0 Å². The molecule has 0 aliphatic carbocycles. The van der Waals surface area contributed by atoms with Gasteiger partial charge in [0.2, 0.25) is 5.96 Å². The molecule has 1 unspecified atom stereocenters. The number of aliphatic imine (C=N–C) groups is 1. The molecule has 0 amide bonds. The van der Waals surface area contributed by atoms with E-state index in [0.29, 0.717) is 11.2 Å². The largest absolute Gasteiger partial charge is 0.382 e. The number of guanidine groups is 1. The number of nitrogens with zero attached hydrogens (tertiary/aromatic N) is 1. The van der Waals surface area contributed by atoms with Crippen molar-refractivity contribution in [2.45, 2.75) is 31.9 Å². The predicted molar refractivity (Wildman–Crippen MR) is 76.3 cm³/mol. The molecule has 6 heteroatoms. The summed E-state index contributed by atoms with van der Waals surface area (Å²) in [7, 11) is 0. The molecule has 5 nitrogen and oxygen atoms in total. The molecular formula is C11H26N4OS. The zero-order valence-electron chi connectivity index (χ0n) is 11.2. The molecule has 0 aliphatic heterocycles. The maximum Gasteiger partial charge on any atom is 0.205 e. The van der Waals surface area contributed by atoms with E-state index in [-0.39, 0.29) is 0 Å². The summed E-state index contributed by atoms with van der Waals surface area (Å²) in [6.07, 6.45) is 4.14. The third-order valence-electron chi connectivity index (χ3n) is 2.30. The first-order chi connectivity index (χ1) is 8.24. The van der Waals surface area contributed by atoms with E-state index in [1.54, 1.807) is 0 Å². The highest BCUT2D eigenvalue weighted by atomic mass is 32.2. The van der Waals surface area contributed by atoms with Crippen molar-refractivity contribution in [3.05, 3.63) is 0 Å². The highest BCUT2D eigenvalue weighted by Gasteiger charge is 2.00. The van der Waals surface area contributed by atoms with Crippen LogP contribution in [0.3, 0.4) is 0 Å². The summed E-state index contributed by atoms with van der Waals surface area (Å²) in [5.74, 6) is 6.05. The number of nitrogens with one attached hydrogen (secondary N) is 2. The predicted octanol–water partition coefficient (Wildman–Crippen LogP) is 0.964.